The van der Waals surface area contributed by atoms with Crippen LogP contribution in [0.25, 0.3) is 5.69 Å². The lowest BCUT2D eigenvalue weighted by molar-refractivity contribution is 0.101. The Hall–Kier alpha value is -2.95. The predicted molar refractivity (Wildman–Crippen MR) is 128 cm³/mol. The van der Waals surface area contributed by atoms with E-state index in [1.165, 1.54) is 39.9 Å². The third kappa shape index (κ3) is 6.10. The number of carbonyl (C=O) groups is 1. The van der Waals surface area contributed by atoms with Crippen molar-refractivity contribution in [1.29, 1.82) is 0 Å². The molecule has 2 aromatic carbocycles. The van der Waals surface area contributed by atoms with E-state index in [2.05, 4.69) is 20.6 Å². The first-order chi connectivity index (χ1) is 16.0. The van der Waals surface area contributed by atoms with Gasteiger partial charge in [0.1, 0.15) is 5.82 Å². The molecule has 0 aliphatic rings. The number of anilines is 1. The highest BCUT2D eigenvalue weighted by molar-refractivity contribution is 8.00. The molecule has 170 valence electrons. The van der Waals surface area contributed by atoms with Gasteiger partial charge in [0.2, 0.25) is 5.13 Å². The molecule has 0 radical (unpaired) electrons. The van der Waals surface area contributed by atoms with Gasteiger partial charge in [0.25, 0.3) is 5.91 Å². The van der Waals surface area contributed by atoms with Gasteiger partial charge in [0, 0.05) is 10.8 Å². The first kappa shape index (κ1) is 23.2. The first-order valence-corrected chi connectivity index (χ1v) is 12.2. The Bertz CT molecular complexity index is 1230. The highest BCUT2D eigenvalue weighted by Gasteiger charge is 2.21. The van der Waals surface area contributed by atoms with Crippen molar-refractivity contribution < 1.29 is 13.9 Å². The summed E-state index contributed by atoms with van der Waals surface area (Å²) in [7, 11) is 0. The van der Waals surface area contributed by atoms with Crippen molar-refractivity contribution in [1.82, 2.24) is 20.0 Å². The molecule has 0 aliphatic heterocycles. The van der Waals surface area contributed by atoms with Crippen LogP contribution < -0.4 is 10.1 Å². The van der Waals surface area contributed by atoms with Gasteiger partial charge in [-0.15, -0.1) is 10.2 Å². The lowest BCUT2D eigenvalue weighted by Gasteiger charge is -2.03. The Labute approximate surface area is 202 Å². The first-order valence-electron chi connectivity index (χ1n) is 10.0. The molecule has 2 aromatic heterocycles. The number of benzene rings is 2. The van der Waals surface area contributed by atoms with Gasteiger partial charge in [-0.05, 0) is 48.4 Å². The van der Waals surface area contributed by atoms with Gasteiger partial charge in [-0.25, -0.2) is 9.07 Å². The van der Waals surface area contributed by atoms with E-state index in [0.29, 0.717) is 34.0 Å². The summed E-state index contributed by atoms with van der Waals surface area (Å²) in [6.07, 6.45) is 2.37. The van der Waals surface area contributed by atoms with Crippen LogP contribution in [0.4, 0.5) is 9.52 Å². The van der Waals surface area contributed by atoms with Crippen LogP contribution in [0.15, 0.2) is 59.1 Å². The van der Waals surface area contributed by atoms with Crippen molar-refractivity contribution in [2.45, 2.75) is 23.4 Å². The number of hydrogen-bond acceptors (Lipinski definition) is 7. The standard InChI is InChI=1S/C22H19ClFN5O2S2/c1-2-11-31-18-12-29(17-9-7-16(24)8-10-17)28-19(18)20(30)25-21-26-27-22(33-21)32-13-14-3-5-15(23)6-4-14/h3-10,12H,2,11,13H2,1H3,(H,25,26,30). The minimum Gasteiger partial charge on any atom is -0.489 e. The van der Waals surface area contributed by atoms with Crippen LogP contribution in [0.2, 0.25) is 5.02 Å². The van der Waals surface area contributed by atoms with Gasteiger partial charge in [-0.3, -0.25) is 10.1 Å². The number of hydrogen-bond donors (Lipinski definition) is 1. The van der Waals surface area contributed by atoms with E-state index < -0.39 is 5.91 Å². The normalized spacial score (nSPS) is 10.9. The number of thioether (sulfide) groups is 1. The molecule has 0 saturated heterocycles. The van der Waals surface area contributed by atoms with E-state index in [1.54, 1.807) is 18.3 Å². The van der Waals surface area contributed by atoms with Gasteiger partial charge >= 0.3 is 0 Å². The van der Waals surface area contributed by atoms with Crippen LogP contribution in [0.5, 0.6) is 5.75 Å². The second-order valence-corrected chi connectivity index (χ2v) is 9.49. The minimum absolute atomic E-state index is 0.110. The number of rotatable bonds is 9. The van der Waals surface area contributed by atoms with Crippen LogP contribution in [-0.4, -0.2) is 32.5 Å². The minimum atomic E-state index is -0.465. The average Bonchev–Trinajstić information content (AvgIpc) is 3.45. The fraction of sp³-hybridized carbons (Fsp3) is 0.182. The van der Waals surface area contributed by atoms with Crippen molar-refractivity contribution >= 4 is 45.7 Å². The van der Waals surface area contributed by atoms with Gasteiger partial charge in [-0.2, -0.15) is 5.10 Å². The molecule has 4 rings (SSSR count). The topological polar surface area (TPSA) is 81.9 Å². The van der Waals surface area contributed by atoms with Crippen molar-refractivity contribution in [3.63, 3.8) is 0 Å². The molecule has 1 amide bonds. The van der Waals surface area contributed by atoms with Gasteiger partial charge in [-0.1, -0.05) is 53.8 Å². The van der Waals surface area contributed by atoms with Gasteiger partial charge in [0.05, 0.1) is 18.5 Å². The number of nitrogens with one attached hydrogen (secondary N) is 1. The maximum absolute atomic E-state index is 13.3. The number of nitrogens with zero attached hydrogens (tertiary/aromatic N) is 4. The zero-order valence-electron chi connectivity index (χ0n) is 17.5. The van der Waals surface area contributed by atoms with Crippen molar-refractivity contribution in [3.8, 4) is 11.4 Å². The third-order valence-corrected chi connectivity index (χ3v) is 6.65. The zero-order valence-corrected chi connectivity index (χ0v) is 19.9. The Morgan fingerprint density at radius 3 is 2.67 bits per heavy atom. The molecule has 0 aliphatic carbocycles. The van der Waals surface area contributed by atoms with Crippen LogP contribution in [0, 0.1) is 5.82 Å². The second-order valence-electron chi connectivity index (χ2n) is 6.85. The van der Waals surface area contributed by atoms with E-state index in [0.717, 1.165) is 16.3 Å². The Morgan fingerprint density at radius 1 is 1.18 bits per heavy atom. The third-order valence-electron chi connectivity index (χ3n) is 4.35. The molecule has 0 spiro atoms. The average molecular weight is 504 g/mol. The fourth-order valence-corrected chi connectivity index (χ4v) is 4.59. The van der Waals surface area contributed by atoms with E-state index in [9.17, 15) is 9.18 Å². The van der Waals surface area contributed by atoms with Crippen LogP contribution in [0.1, 0.15) is 29.4 Å². The smallest absolute Gasteiger partial charge is 0.281 e. The molecule has 7 nitrogen and oxygen atoms in total. The summed E-state index contributed by atoms with van der Waals surface area (Å²) in [6.45, 7) is 2.40. The molecule has 0 unspecified atom stereocenters. The molecule has 0 saturated carbocycles. The van der Waals surface area contributed by atoms with Crippen LogP contribution in [-0.2, 0) is 5.75 Å². The Balaban J connectivity index is 1.46. The highest BCUT2D eigenvalue weighted by Crippen LogP contribution is 2.29. The van der Waals surface area contributed by atoms with Gasteiger partial charge in [0.15, 0.2) is 15.8 Å². The molecule has 0 bridgehead atoms. The molecule has 33 heavy (non-hydrogen) atoms. The predicted octanol–water partition coefficient (Wildman–Crippen LogP) is 5.85. The number of aromatic nitrogens is 4. The van der Waals surface area contributed by atoms with E-state index in [4.69, 9.17) is 16.3 Å². The summed E-state index contributed by atoms with van der Waals surface area (Å²) in [5.74, 6) is 0.219. The quantitative estimate of drug-likeness (QED) is 0.228. The maximum Gasteiger partial charge on any atom is 0.281 e. The van der Waals surface area contributed by atoms with E-state index in [1.807, 2.05) is 31.2 Å². The lowest BCUT2D eigenvalue weighted by atomic mass is 10.2. The molecule has 0 atom stereocenters. The number of carbonyl (C=O) groups excluding carboxylic acids is 1. The lowest BCUT2D eigenvalue weighted by Crippen LogP contribution is -2.14. The summed E-state index contributed by atoms with van der Waals surface area (Å²) >= 11 is 8.70. The number of amides is 1. The molecule has 2 heterocycles. The summed E-state index contributed by atoms with van der Waals surface area (Å²) < 4.78 is 21.2. The maximum atomic E-state index is 13.3. The monoisotopic (exact) mass is 503 g/mol. The summed E-state index contributed by atoms with van der Waals surface area (Å²) in [5.41, 5.74) is 1.82. The summed E-state index contributed by atoms with van der Waals surface area (Å²) in [4.78, 5) is 12.9. The molecular weight excluding hydrogens is 485 g/mol. The summed E-state index contributed by atoms with van der Waals surface area (Å²) in [6, 6.07) is 13.4. The van der Waals surface area contributed by atoms with Crippen molar-refractivity contribution in [2.75, 3.05) is 11.9 Å². The van der Waals surface area contributed by atoms with Crippen molar-refractivity contribution in [3.05, 3.63) is 76.8 Å². The molecular formula is C22H19ClFN5O2S2. The van der Waals surface area contributed by atoms with Gasteiger partial charge < -0.3 is 4.74 Å². The highest BCUT2D eigenvalue weighted by atomic mass is 35.5. The Kier molecular flexibility index (Phi) is 7.58. The molecule has 1 N–H and O–H groups in total. The largest absolute Gasteiger partial charge is 0.489 e. The van der Waals surface area contributed by atoms with E-state index in [-0.39, 0.29) is 11.5 Å². The van der Waals surface area contributed by atoms with Crippen LogP contribution in [0.3, 0.4) is 0 Å². The Morgan fingerprint density at radius 2 is 1.94 bits per heavy atom. The second kappa shape index (κ2) is 10.8. The van der Waals surface area contributed by atoms with E-state index >= 15 is 0 Å². The fourth-order valence-electron chi connectivity index (χ4n) is 2.76. The summed E-state index contributed by atoms with van der Waals surface area (Å²) in [5, 5.41) is 16.3. The van der Waals surface area contributed by atoms with Crippen molar-refractivity contribution in [2.24, 2.45) is 0 Å². The molecule has 0 fully saturated rings. The van der Waals surface area contributed by atoms with Crippen LogP contribution >= 0.6 is 34.7 Å². The SMILES string of the molecule is CCCOc1cn(-c2ccc(F)cc2)nc1C(=O)Nc1nnc(SCc2ccc(Cl)cc2)s1. The molecule has 4 aromatic rings. The zero-order chi connectivity index (χ0) is 23.2. The number of ether oxygens (including phenoxy) is 1. The number of halogens is 2. The molecule has 11 heteroatoms.